The Morgan fingerprint density at radius 1 is 0.927 bits per heavy atom. The van der Waals surface area contributed by atoms with Crippen molar-refractivity contribution in [3.8, 4) is 11.5 Å². The fourth-order valence-electron chi connectivity index (χ4n) is 3.91. The second-order valence-corrected chi connectivity index (χ2v) is 10.2. The predicted octanol–water partition coefficient (Wildman–Crippen LogP) is 6.35. The van der Waals surface area contributed by atoms with Crippen molar-refractivity contribution in [2.75, 3.05) is 23.4 Å². The summed E-state index contributed by atoms with van der Waals surface area (Å²) < 4.78 is 11.4. The van der Waals surface area contributed by atoms with Crippen LogP contribution in [-0.4, -0.2) is 37.0 Å². The highest BCUT2D eigenvalue weighted by Crippen LogP contribution is 2.38. The van der Waals surface area contributed by atoms with Crippen molar-refractivity contribution in [2.24, 2.45) is 0 Å². The van der Waals surface area contributed by atoms with E-state index >= 15 is 0 Å². The van der Waals surface area contributed by atoms with E-state index in [1.807, 2.05) is 26.0 Å². The lowest BCUT2D eigenvalue weighted by molar-refractivity contribution is -0.122. The molecule has 1 aliphatic rings. The summed E-state index contributed by atoms with van der Waals surface area (Å²) in [6.45, 7) is 5.55. The minimum absolute atomic E-state index is 0.0721. The molecule has 4 rings (SSSR count). The van der Waals surface area contributed by atoms with Crippen LogP contribution in [0, 0.1) is 13.8 Å². The monoisotopic (exact) mass is 615 g/mol. The largest absolute Gasteiger partial charge is 0.490 e. The number of urea groups is 1. The second kappa shape index (κ2) is 12.6. The van der Waals surface area contributed by atoms with Gasteiger partial charge in [0, 0.05) is 5.69 Å². The van der Waals surface area contributed by atoms with Gasteiger partial charge in [-0.3, -0.25) is 19.7 Å². The summed E-state index contributed by atoms with van der Waals surface area (Å²) in [5, 5.41) is 5.33. The molecule has 0 atom stereocenters. The van der Waals surface area contributed by atoms with Gasteiger partial charge in [-0.05, 0) is 86.0 Å². The third-order valence-electron chi connectivity index (χ3n) is 6.04. The lowest BCUT2D eigenvalue weighted by atomic mass is 10.1. The van der Waals surface area contributed by atoms with Gasteiger partial charge in [0.05, 0.1) is 27.4 Å². The van der Waals surface area contributed by atoms with Gasteiger partial charge >= 0.3 is 6.03 Å². The van der Waals surface area contributed by atoms with Gasteiger partial charge in [0.25, 0.3) is 17.7 Å². The van der Waals surface area contributed by atoms with Gasteiger partial charge in [0.1, 0.15) is 5.57 Å². The summed E-state index contributed by atoms with van der Waals surface area (Å²) in [5.74, 6) is -1.89. The summed E-state index contributed by atoms with van der Waals surface area (Å²) in [6.07, 6.45) is 1.26. The molecule has 0 unspecified atom stereocenters. The number of amides is 5. The van der Waals surface area contributed by atoms with Crippen LogP contribution in [0.3, 0.4) is 0 Å². The molecule has 0 aliphatic carbocycles. The molecule has 3 aromatic carbocycles. The molecule has 3 aromatic rings. The van der Waals surface area contributed by atoms with Crippen LogP contribution in [-0.2, 0) is 14.4 Å². The number of ether oxygens (including phenoxy) is 2. The Labute approximate surface area is 251 Å². The maximum atomic E-state index is 13.2. The molecule has 12 heteroatoms. The number of benzene rings is 3. The number of imide groups is 2. The van der Waals surface area contributed by atoms with Gasteiger partial charge in [-0.2, -0.15) is 0 Å². The molecule has 212 valence electrons. The maximum absolute atomic E-state index is 13.2. The normalized spacial score (nSPS) is 14.2. The first kappa shape index (κ1) is 29.9. The smallest absolute Gasteiger partial charge is 0.335 e. The molecule has 1 heterocycles. The summed E-state index contributed by atoms with van der Waals surface area (Å²) in [4.78, 5) is 51.7. The van der Waals surface area contributed by atoms with Crippen molar-refractivity contribution in [3.63, 3.8) is 0 Å². The Morgan fingerprint density at radius 2 is 1.68 bits per heavy atom. The van der Waals surface area contributed by atoms with Crippen molar-refractivity contribution < 1.29 is 28.7 Å². The lowest BCUT2D eigenvalue weighted by Crippen LogP contribution is -2.54. The molecular weight excluding hydrogens is 593 g/mol. The summed E-state index contributed by atoms with van der Waals surface area (Å²) in [7, 11) is 0. The number of nitrogens with one attached hydrogen (secondary N) is 2. The summed E-state index contributed by atoms with van der Waals surface area (Å²) in [5.41, 5.74) is 2.86. The molecule has 0 aromatic heterocycles. The average molecular weight is 617 g/mol. The Morgan fingerprint density at radius 3 is 2.37 bits per heavy atom. The number of carbonyl (C=O) groups is 4. The van der Waals surface area contributed by atoms with E-state index in [1.165, 1.54) is 36.4 Å². The fraction of sp³-hybridized carbons (Fsp3) is 0.172. The van der Waals surface area contributed by atoms with E-state index in [9.17, 15) is 19.2 Å². The van der Waals surface area contributed by atoms with Crippen LogP contribution in [0.4, 0.5) is 16.2 Å². The first-order chi connectivity index (χ1) is 19.5. The zero-order valence-electron chi connectivity index (χ0n) is 22.1. The van der Waals surface area contributed by atoms with Gasteiger partial charge in [-0.15, -0.1) is 0 Å². The zero-order chi connectivity index (χ0) is 29.8. The van der Waals surface area contributed by atoms with Crippen LogP contribution in [0.5, 0.6) is 11.5 Å². The molecule has 0 bridgehead atoms. The minimum Gasteiger partial charge on any atom is -0.490 e. The standard InChI is InChI=1S/C29H24Cl3N3O6/c1-4-40-24-12-17(11-23(32)26(24)41-14-25(36)33-18-6-5-15(2)16(3)9-18)10-20-27(37)34-29(39)35(28(20)38)19-7-8-21(30)22(31)13-19/h5-13H,4,14H2,1-3H3,(H,33,36)(H,34,37,39)/b20-10-. The Kier molecular flexibility index (Phi) is 9.22. The molecule has 41 heavy (non-hydrogen) atoms. The molecule has 2 N–H and O–H groups in total. The third kappa shape index (κ3) is 6.82. The van der Waals surface area contributed by atoms with Crippen LogP contribution in [0.25, 0.3) is 6.08 Å². The highest BCUT2D eigenvalue weighted by atomic mass is 35.5. The van der Waals surface area contributed by atoms with Gasteiger partial charge < -0.3 is 14.8 Å². The Hall–Kier alpha value is -4.05. The molecule has 0 saturated carbocycles. The molecule has 1 fully saturated rings. The lowest BCUT2D eigenvalue weighted by Gasteiger charge is -2.26. The van der Waals surface area contributed by atoms with Gasteiger partial charge in [-0.1, -0.05) is 40.9 Å². The van der Waals surface area contributed by atoms with Crippen LogP contribution in [0.15, 0.2) is 54.1 Å². The summed E-state index contributed by atoms with van der Waals surface area (Å²) >= 11 is 18.5. The van der Waals surface area contributed by atoms with E-state index in [-0.39, 0.29) is 51.0 Å². The van der Waals surface area contributed by atoms with Crippen LogP contribution in [0.1, 0.15) is 23.6 Å². The number of halogens is 3. The highest BCUT2D eigenvalue weighted by molar-refractivity contribution is 6.43. The quantitative estimate of drug-likeness (QED) is 0.225. The van der Waals surface area contributed by atoms with Crippen molar-refractivity contribution in [1.29, 1.82) is 0 Å². The zero-order valence-corrected chi connectivity index (χ0v) is 24.4. The fourth-order valence-corrected chi connectivity index (χ4v) is 4.48. The van der Waals surface area contributed by atoms with E-state index in [0.717, 1.165) is 16.0 Å². The molecule has 5 amide bonds. The number of rotatable bonds is 8. The SMILES string of the molecule is CCOc1cc(/C=C2/C(=O)NC(=O)N(c3ccc(Cl)c(Cl)c3)C2=O)cc(Cl)c1OCC(=O)Nc1ccc(C)c(C)c1. The van der Waals surface area contributed by atoms with E-state index in [4.69, 9.17) is 44.3 Å². The molecule has 1 aliphatic heterocycles. The number of hydrogen-bond acceptors (Lipinski definition) is 6. The van der Waals surface area contributed by atoms with Crippen molar-refractivity contribution in [2.45, 2.75) is 20.8 Å². The van der Waals surface area contributed by atoms with Crippen LogP contribution < -0.4 is 25.0 Å². The number of anilines is 2. The van der Waals surface area contributed by atoms with E-state index < -0.39 is 23.8 Å². The van der Waals surface area contributed by atoms with E-state index in [2.05, 4.69) is 10.6 Å². The van der Waals surface area contributed by atoms with Crippen molar-refractivity contribution in [1.82, 2.24) is 5.32 Å². The van der Waals surface area contributed by atoms with Crippen molar-refractivity contribution in [3.05, 3.63) is 85.9 Å². The third-order valence-corrected chi connectivity index (χ3v) is 7.06. The number of nitrogens with zero attached hydrogens (tertiary/aromatic N) is 1. The molecule has 0 spiro atoms. The van der Waals surface area contributed by atoms with Crippen LogP contribution >= 0.6 is 34.8 Å². The molecule has 9 nitrogen and oxygen atoms in total. The summed E-state index contributed by atoms with van der Waals surface area (Å²) in [6, 6.07) is 11.7. The van der Waals surface area contributed by atoms with Gasteiger partial charge in [-0.25, -0.2) is 9.69 Å². The molecular formula is C29H24Cl3N3O6. The number of barbiturate groups is 1. The average Bonchev–Trinajstić information content (AvgIpc) is 2.90. The number of carbonyl (C=O) groups excluding carboxylic acids is 4. The topological polar surface area (TPSA) is 114 Å². The second-order valence-electron chi connectivity index (χ2n) is 8.96. The first-order valence-corrected chi connectivity index (χ1v) is 13.4. The van der Waals surface area contributed by atoms with Crippen molar-refractivity contribution >= 4 is 76.0 Å². The highest BCUT2D eigenvalue weighted by Gasteiger charge is 2.37. The minimum atomic E-state index is -0.939. The van der Waals surface area contributed by atoms with Gasteiger partial charge in [0.15, 0.2) is 18.1 Å². The molecule has 0 radical (unpaired) electrons. The first-order valence-electron chi connectivity index (χ1n) is 12.3. The number of aryl methyl sites for hydroxylation is 2. The Bertz CT molecular complexity index is 1600. The predicted molar refractivity (Wildman–Crippen MR) is 158 cm³/mol. The van der Waals surface area contributed by atoms with E-state index in [1.54, 1.807) is 13.0 Å². The van der Waals surface area contributed by atoms with Gasteiger partial charge in [0.2, 0.25) is 0 Å². The maximum Gasteiger partial charge on any atom is 0.335 e. The van der Waals surface area contributed by atoms with E-state index in [0.29, 0.717) is 11.3 Å². The Balaban J connectivity index is 1.58. The number of hydrogen-bond donors (Lipinski definition) is 2. The molecule has 1 saturated heterocycles. The van der Waals surface area contributed by atoms with Crippen LogP contribution in [0.2, 0.25) is 15.1 Å².